The molecule has 5 heteroatoms. The SMILES string of the molecule is NCc1cccc(Sc2ccc(Cl)cn2)n1. The highest BCUT2D eigenvalue weighted by Gasteiger charge is 2.01. The molecule has 3 nitrogen and oxygen atoms in total. The highest BCUT2D eigenvalue weighted by atomic mass is 35.5. The largest absolute Gasteiger partial charge is 0.325 e. The minimum atomic E-state index is 0.447. The van der Waals surface area contributed by atoms with Crippen LogP contribution in [0.4, 0.5) is 0 Å². The number of rotatable bonds is 3. The van der Waals surface area contributed by atoms with Crippen molar-refractivity contribution in [3.63, 3.8) is 0 Å². The molecular formula is C11H10ClN3S. The van der Waals surface area contributed by atoms with Crippen molar-refractivity contribution in [2.24, 2.45) is 5.73 Å². The Morgan fingerprint density at radius 1 is 1.19 bits per heavy atom. The zero-order valence-corrected chi connectivity index (χ0v) is 10.0. The molecule has 2 heterocycles. The van der Waals surface area contributed by atoms with Gasteiger partial charge in [-0.05, 0) is 24.3 Å². The first kappa shape index (κ1) is 11.4. The van der Waals surface area contributed by atoms with E-state index in [4.69, 9.17) is 17.3 Å². The van der Waals surface area contributed by atoms with Crippen molar-refractivity contribution in [2.45, 2.75) is 16.6 Å². The van der Waals surface area contributed by atoms with Crippen molar-refractivity contribution in [3.05, 3.63) is 47.2 Å². The zero-order valence-electron chi connectivity index (χ0n) is 8.43. The fraction of sp³-hybridized carbons (Fsp3) is 0.0909. The number of hydrogen-bond acceptors (Lipinski definition) is 4. The molecule has 2 rings (SSSR count). The van der Waals surface area contributed by atoms with Gasteiger partial charge in [0.15, 0.2) is 0 Å². The lowest BCUT2D eigenvalue weighted by molar-refractivity contribution is 0.940. The molecule has 2 aromatic heterocycles. The second-order valence-corrected chi connectivity index (χ2v) is 4.57. The van der Waals surface area contributed by atoms with E-state index in [1.807, 2.05) is 30.3 Å². The van der Waals surface area contributed by atoms with E-state index in [0.29, 0.717) is 11.6 Å². The van der Waals surface area contributed by atoms with Gasteiger partial charge < -0.3 is 5.73 Å². The predicted molar refractivity (Wildman–Crippen MR) is 65.5 cm³/mol. The summed E-state index contributed by atoms with van der Waals surface area (Å²) >= 11 is 7.25. The Labute approximate surface area is 103 Å². The summed E-state index contributed by atoms with van der Waals surface area (Å²) in [5.74, 6) is 0. The maximum absolute atomic E-state index is 5.76. The van der Waals surface area contributed by atoms with Gasteiger partial charge in [0.25, 0.3) is 0 Å². The normalized spacial score (nSPS) is 10.4. The quantitative estimate of drug-likeness (QED) is 0.911. The summed E-state index contributed by atoms with van der Waals surface area (Å²) < 4.78 is 0. The van der Waals surface area contributed by atoms with E-state index >= 15 is 0 Å². The van der Waals surface area contributed by atoms with Gasteiger partial charge in [0.05, 0.1) is 10.7 Å². The molecule has 16 heavy (non-hydrogen) atoms. The van der Waals surface area contributed by atoms with Crippen LogP contribution >= 0.6 is 23.4 Å². The third-order valence-electron chi connectivity index (χ3n) is 1.90. The first-order valence-electron chi connectivity index (χ1n) is 4.73. The fourth-order valence-electron chi connectivity index (χ4n) is 1.16. The first-order valence-corrected chi connectivity index (χ1v) is 5.93. The average molecular weight is 252 g/mol. The van der Waals surface area contributed by atoms with Crippen molar-refractivity contribution in [1.29, 1.82) is 0 Å². The van der Waals surface area contributed by atoms with Crippen LogP contribution in [0.5, 0.6) is 0 Å². The van der Waals surface area contributed by atoms with E-state index in [2.05, 4.69) is 9.97 Å². The molecule has 2 aromatic rings. The van der Waals surface area contributed by atoms with E-state index in [0.717, 1.165) is 15.7 Å². The third kappa shape index (κ3) is 2.95. The molecule has 82 valence electrons. The van der Waals surface area contributed by atoms with Gasteiger partial charge in [-0.2, -0.15) is 0 Å². The molecule has 0 aliphatic heterocycles. The van der Waals surface area contributed by atoms with Crippen molar-refractivity contribution in [1.82, 2.24) is 9.97 Å². The minimum Gasteiger partial charge on any atom is -0.325 e. The Morgan fingerprint density at radius 3 is 2.75 bits per heavy atom. The van der Waals surface area contributed by atoms with E-state index in [9.17, 15) is 0 Å². The molecule has 0 spiro atoms. The van der Waals surface area contributed by atoms with E-state index in [1.54, 1.807) is 6.20 Å². The molecular weight excluding hydrogens is 242 g/mol. The molecule has 0 saturated carbocycles. The Kier molecular flexibility index (Phi) is 3.77. The highest BCUT2D eigenvalue weighted by Crippen LogP contribution is 2.24. The summed E-state index contributed by atoms with van der Waals surface area (Å²) in [6.07, 6.45) is 1.62. The maximum atomic E-state index is 5.76. The first-order chi connectivity index (χ1) is 7.78. The fourth-order valence-corrected chi connectivity index (χ4v) is 2.03. The predicted octanol–water partition coefficient (Wildman–Crippen LogP) is 2.74. The van der Waals surface area contributed by atoms with E-state index < -0.39 is 0 Å². The molecule has 0 unspecified atom stereocenters. The topological polar surface area (TPSA) is 51.8 Å². The lowest BCUT2D eigenvalue weighted by atomic mass is 10.4. The zero-order chi connectivity index (χ0) is 11.4. The Morgan fingerprint density at radius 2 is 2.06 bits per heavy atom. The number of halogens is 1. The van der Waals surface area contributed by atoms with Crippen molar-refractivity contribution >= 4 is 23.4 Å². The van der Waals surface area contributed by atoms with Crippen LogP contribution in [-0.2, 0) is 6.54 Å². The van der Waals surface area contributed by atoms with Crippen LogP contribution in [0.2, 0.25) is 5.02 Å². The molecule has 0 aliphatic carbocycles. The summed E-state index contributed by atoms with van der Waals surface area (Å²) in [6.45, 7) is 0.447. The number of nitrogens with two attached hydrogens (primary N) is 1. The molecule has 0 radical (unpaired) electrons. The van der Waals surface area contributed by atoms with Gasteiger partial charge in [0.1, 0.15) is 10.1 Å². The second kappa shape index (κ2) is 5.30. The van der Waals surface area contributed by atoms with Gasteiger partial charge in [-0.1, -0.05) is 29.4 Å². The molecule has 2 N–H and O–H groups in total. The third-order valence-corrected chi connectivity index (χ3v) is 3.01. The molecule has 0 bridgehead atoms. The summed E-state index contributed by atoms with van der Waals surface area (Å²) in [5.41, 5.74) is 6.40. The smallest absolute Gasteiger partial charge is 0.103 e. The van der Waals surface area contributed by atoms with Gasteiger partial charge in [0.2, 0.25) is 0 Å². The standard InChI is InChI=1S/C11H10ClN3S/c12-8-4-5-10(14-7-8)16-11-3-1-2-9(6-13)15-11/h1-5,7H,6,13H2. The van der Waals surface area contributed by atoms with Gasteiger partial charge in [-0.15, -0.1) is 0 Å². The molecule has 0 aliphatic rings. The second-order valence-electron chi connectivity index (χ2n) is 3.09. The van der Waals surface area contributed by atoms with Gasteiger partial charge >= 0.3 is 0 Å². The molecule has 0 atom stereocenters. The van der Waals surface area contributed by atoms with Crippen LogP contribution in [0.15, 0.2) is 46.6 Å². The number of pyridine rings is 2. The van der Waals surface area contributed by atoms with Crippen molar-refractivity contribution in [2.75, 3.05) is 0 Å². The molecule has 0 fully saturated rings. The summed E-state index contributed by atoms with van der Waals surface area (Å²) in [6, 6.07) is 9.44. The van der Waals surface area contributed by atoms with E-state index in [1.165, 1.54) is 11.8 Å². The lowest BCUT2D eigenvalue weighted by Gasteiger charge is -2.02. The van der Waals surface area contributed by atoms with E-state index in [-0.39, 0.29) is 0 Å². The monoisotopic (exact) mass is 251 g/mol. The molecule has 0 aromatic carbocycles. The number of aromatic nitrogens is 2. The van der Waals surface area contributed by atoms with Crippen molar-refractivity contribution in [3.8, 4) is 0 Å². The lowest BCUT2D eigenvalue weighted by Crippen LogP contribution is -1.99. The van der Waals surface area contributed by atoms with Crippen LogP contribution in [0.3, 0.4) is 0 Å². The van der Waals surface area contributed by atoms with Crippen LogP contribution in [-0.4, -0.2) is 9.97 Å². The highest BCUT2D eigenvalue weighted by molar-refractivity contribution is 7.99. The van der Waals surface area contributed by atoms with Gasteiger partial charge in [-0.3, -0.25) is 0 Å². The van der Waals surface area contributed by atoms with Crippen LogP contribution in [0, 0.1) is 0 Å². The molecule has 0 amide bonds. The van der Waals surface area contributed by atoms with Crippen molar-refractivity contribution < 1.29 is 0 Å². The minimum absolute atomic E-state index is 0.447. The Balaban J connectivity index is 2.16. The maximum Gasteiger partial charge on any atom is 0.103 e. The Hall–Kier alpha value is -1.10. The summed E-state index contributed by atoms with van der Waals surface area (Å²) in [7, 11) is 0. The number of hydrogen-bond donors (Lipinski definition) is 1. The van der Waals surface area contributed by atoms with Crippen LogP contribution in [0.1, 0.15) is 5.69 Å². The van der Waals surface area contributed by atoms with Crippen LogP contribution in [0.25, 0.3) is 0 Å². The van der Waals surface area contributed by atoms with Gasteiger partial charge in [0, 0.05) is 12.7 Å². The Bertz CT molecular complexity index is 473. The average Bonchev–Trinajstić information content (AvgIpc) is 2.32. The van der Waals surface area contributed by atoms with Crippen LogP contribution < -0.4 is 5.73 Å². The van der Waals surface area contributed by atoms with Gasteiger partial charge in [-0.25, -0.2) is 9.97 Å². The summed E-state index contributed by atoms with van der Waals surface area (Å²) in [4.78, 5) is 8.56. The molecule has 0 saturated heterocycles. The summed E-state index contributed by atoms with van der Waals surface area (Å²) in [5, 5.41) is 2.39. The number of nitrogens with zero attached hydrogens (tertiary/aromatic N) is 2.